The molecule has 2 atom stereocenters. The Morgan fingerprint density at radius 2 is 1.84 bits per heavy atom. The molecule has 2 unspecified atom stereocenters. The van der Waals surface area contributed by atoms with E-state index in [0.717, 1.165) is 0 Å². The molecule has 0 spiro atoms. The number of nitrogens with zero attached hydrogens (tertiary/aromatic N) is 2. The number of aliphatic carboxylic acids is 1. The van der Waals surface area contributed by atoms with E-state index in [1.165, 1.54) is 46.4 Å². The van der Waals surface area contributed by atoms with Gasteiger partial charge in [-0.1, -0.05) is 34.8 Å². The Kier molecular flexibility index (Phi) is 8.05. The number of halogens is 3. The van der Waals surface area contributed by atoms with Gasteiger partial charge >= 0.3 is 5.97 Å². The van der Waals surface area contributed by atoms with E-state index >= 15 is 0 Å². The van der Waals surface area contributed by atoms with Crippen LogP contribution in [0, 0.1) is 0 Å². The Bertz CT molecular complexity index is 1050. The summed E-state index contributed by atoms with van der Waals surface area (Å²) < 4.78 is 28.4. The van der Waals surface area contributed by atoms with E-state index in [1.54, 1.807) is 19.1 Å². The summed E-state index contributed by atoms with van der Waals surface area (Å²) in [6.45, 7) is 2.76. The second kappa shape index (κ2) is 10.2. The van der Waals surface area contributed by atoms with Crippen LogP contribution < -0.4 is 4.31 Å². The lowest BCUT2D eigenvalue weighted by Crippen LogP contribution is -2.41. The van der Waals surface area contributed by atoms with Crippen molar-refractivity contribution in [2.24, 2.45) is 0 Å². The van der Waals surface area contributed by atoms with Crippen LogP contribution in [0.3, 0.4) is 0 Å². The summed E-state index contributed by atoms with van der Waals surface area (Å²) in [5, 5.41) is 9.77. The number of thioether (sulfide) groups is 1. The van der Waals surface area contributed by atoms with Crippen molar-refractivity contribution < 1.29 is 18.3 Å². The van der Waals surface area contributed by atoms with Gasteiger partial charge in [0.05, 0.1) is 15.6 Å². The van der Waals surface area contributed by atoms with Crippen molar-refractivity contribution >= 4 is 68.2 Å². The number of benzene rings is 2. The molecule has 11 heteroatoms. The molecule has 1 aliphatic rings. The first-order valence-electron chi connectivity index (χ1n) is 9.41. The highest BCUT2D eigenvalue weighted by atomic mass is 35.5. The van der Waals surface area contributed by atoms with Crippen LogP contribution >= 0.6 is 46.6 Å². The van der Waals surface area contributed by atoms with Gasteiger partial charge in [-0.3, -0.25) is 14.0 Å². The third-order valence-electron chi connectivity index (χ3n) is 4.94. The first-order chi connectivity index (χ1) is 14.6. The standard InChI is InChI=1S/C20H21Cl3N2O4S2/c1-13(8-9-24-11-19(20(26)27)30-12-24)25(18-10-15(22)4-7-17(18)23)31(28,29)16-5-2-14(21)3-6-16/h2-7,10,13,19H,8-9,11-12H2,1H3,(H,26,27). The minimum absolute atomic E-state index is 0.0856. The maximum Gasteiger partial charge on any atom is 0.317 e. The van der Waals surface area contributed by atoms with Crippen molar-refractivity contribution in [1.82, 2.24) is 4.90 Å². The molecule has 0 saturated carbocycles. The van der Waals surface area contributed by atoms with Crippen LogP contribution in [0.15, 0.2) is 47.4 Å². The zero-order chi connectivity index (χ0) is 22.8. The average molecular weight is 524 g/mol. The third-order valence-corrected chi connectivity index (χ3v) is 8.95. The van der Waals surface area contributed by atoms with Gasteiger partial charge in [-0.05, 0) is 55.8 Å². The van der Waals surface area contributed by atoms with Gasteiger partial charge in [0, 0.05) is 35.1 Å². The number of hydrogen-bond acceptors (Lipinski definition) is 5. The van der Waals surface area contributed by atoms with Crippen LogP contribution in [0.25, 0.3) is 0 Å². The van der Waals surface area contributed by atoms with E-state index < -0.39 is 27.3 Å². The maximum atomic E-state index is 13.6. The lowest BCUT2D eigenvalue weighted by Gasteiger charge is -2.32. The van der Waals surface area contributed by atoms with Crippen molar-refractivity contribution in [2.45, 2.75) is 29.5 Å². The van der Waals surface area contributed by atoms with Gasteiger partial charge in [-0.15, -0.1) is 11.8 Å². The third kappa shape index (κ3) is 5.80. The van der Waals surface area contributed by atoms with Crippen molar-refractivity contribution in [3.05, 3.63) is 57.5 Å². The highest BCUT2D eigenvalue weighted by Gasteiger charge is 2.33. The summed E-state index contributed by atoms with van der Waals surface area (Å²) >= 11 is 19.8. The largest absolute Gasteiger partial charge is 0.480 e. The van der Waals surface area contributed by atoms with E-state index in [2.05, 4.69) is 0 Å². The predicted molar refractivity (Wildman–Crippen MR) is 127 cm³/mol. The molecule has 3 rings (SSSR count). The molecule has 0 bridgehead atoms. The highest BCUT2D eigenvalue weighted by Crippen LogP contribution is 2.35. The van der Waals surface area contributed by atoms with Gasteiger partial charge < -0.3 is 5.11 Å². The van der Waals surface area contributed by atoms with Crippen LogP contribution in [0.2, 0.25) is 15.1 Å². The van der Waals surface area contributed by atoms with Crippen LogP contribution in [-0.4, -0.2) is 54.7 Å². The van der Waals surface area contributed by atoms with Crippen LogP contribution in [0.1, 0.15) is 13.3 Å². The van der Waals surface area contributed by atoms with Crippen molar-refractivity contribution in [2.75, 3.05) is 23.3 Å². The average Bonchev–Trinajstić information content (AvgIpc) is 3.19. The van der Waals surface area contributed by atoms with Gasteiger partial charge in [0.1, 0.15) is 5.25 Å². The zero-order valence-electron chi connectivity index (χ0n) is 16.5. The molecule has 6 nitrogen and oxygen atoms in total. The van der Waals surface area contributed by atoms with E-state index in [-0.39, 0.29) is 15.6 Å². The lowest BCUT2D eigenvalue weighted by molar-refractivity contribution is -0.136. The fraction of sp³-hybridized carbons (Fsp3) is 0.350. The maximum absolute atomic E-state index is 13.6. The molecule has 1 N–H and O–H groups in total. The molecule has 0 aromatic heterocycles. The topological polar surface area (TPSA) is 77.9 Å². The molecule has 0 amide bonds. The molecular weight excluding hydrogens is 503 g/mol. The minimum Gasteiger partial charge on any atom is -0.480 e. The summed E-state index contributed by atoms with van der Waals surface area (Å²) in [6, 6.07) is 10.2. The first kappa shape index (κ1) is 24.5. The number of rotatable bonds is 8. The number of carboxylic acid groups (broad SMARTS) is 1. The van der Waals surface area contributed by atoms with E-state index in [4.69, 9.17) is 34.8 Å². The molecule has 1 fully saturated rings. The molecule has 0 aliphatic carbocycles. The quantitative estimate of drug-likeness (QED) is 0.520. The monoisotopic (exact) mass is 522 g/mol. The molecule has 2 aromatic carbocycles. The predicted octanol–water partition coefficient (Wildman–Crippen LogP) is 5.08. The molecule has 2 aromatic rings. The Labute approximate surface area is 201 Å². The van der Waals surface area contributed by atoms with E-state index in [0.29, 0.717) is 35.4 Å². The molecule has 168 valence electrons. The lowest BCUT2D eigenvalue weighted by atomic mass is 10.2. The van der Waals surface area contributed by atoms with Crippen molar-refractivity contribution in [3.63, 3.8) is 0 Å². The summed E-state index contributed by atoms with van der Waals surface area (Å²) in [7, 11) is -3.97. The smallest absolute Gasteiger partial charge is 0.317 e. The molecule has 1 aliphatic heterocycles. The van der Waals surface area contributed by atoms with Gasteiger partial charge in [-0.2, -0.15) is 0 Å². The van der Waals surface area contributed by atoms with Crippen LogP contribution in [0.4, 0.5) is 5.69 Å². The fourth-order valence-corrected chi connectivity index (χ4v) is 6.64. The Balaban J connectivity index is 1.90. The SMILES string of the molecule is CC(CCN1CSC(C(=O)O)C1)N(c1cc(Cl)ccc1Cl)S(=O)(=O)c1ccc(Cl)cc1. The molecule has 0 radical (unpaired) electrons. The molecule has 1 saturated heterocycles. The summed E-state index contributed by atoms with van der Waals surface area (Å²) in [5.41, 5.74) is 0.288. The second-order valence-corrected chi connectivity index (χ2v) is 11.4. The molecular formula is C20H21Cl3N2O4S2. The molecule has 31 heavy (non-hydrogen) atoms. The molecule has 1 heterocycles. The van der Waals surface area contributed by atoms with Gasteiger partial charge in [0.15, 0.2) is 0 Å². The Morgan fingerprint density at radius 1 is 1.19 bits per heavy atom. The Morgan fingerprint density at radius 3 is 2.45 bits per heavy atom. The van der Waals surface area contributed by atoms with Crippen LogP contribution in [-0.2, 0) is 14.8 Å². The number of hydrogen-bond donors (Lipinski definition) is 1. The van der Waals surface area contributed by atoms with Gasteiger partial charge in [0.2, 0.25) is 0 Å². The van der Waals surface area contributed by atoms with E-state index in [9.17, 15) is 18.3 Å². The number of carboxylic acids is 1. The van der Waals surface area contributed by atoms with Crippen LogP contribution in [0.5, 0.6) is 0 Å². The van der Waals surface area contributed by atoms with Gasteiger partial charge in [-0.25, -0.2) is 8.42 Å². The number of sulfonamides is 1. The second-order valence-electron chi connectivity index (χ2n) is 7.19. The van der Waals surface area contributed by atoms with E-state index in [1.807, 2.05) is 4.90 Å². The normalized spacial score (nSPS) is 18.1. The fourth-order valence-electron chi connectivity index (χ4n) is 3.31. The first-order valence-corrected chi connectivity index (χ1v) is 13.0. The zero-order valence-corrected chi connectivity index (χ0v) is 20.4. The number of anilines is 1. The minimum atomic E-state index is -3.97. The Hall–Kier alpha value is -1.16. The van der Waals surface area contributed by atoms with Crippen molar-refractivity contribution in [3.8, 4) is 0 Å². The number of carbonyl (C=O) groups is 1. The summed E-state index contributed by atoms with van der Waals surface area (Å²) in [5.74, 6) is -0.246. The van der Waals surface area contributed by atoms with Gasteiger partial charge in [0.25, 0.3) is 10.0 Å². The summed E-state index contributed by atoms with van der Waals surface area (Å²) in [6.07, 6.45) is 0.475. The highest BCUT2D eigenvalue weighted by molar-refractivity contribution is 8.00. The van der Waals surface area contributed by atoms with Crippen molar-refractivity contribution in [1.29, 1.82) is 0 Å². The summed E-state index contributed by atoms with van der Waals surface area (Å²) in [4.78, 5) is 13.3.